The zero-order chi connectivity index (χ0) is 24.5. The van der Waals surface area contributed by atoms with Gasteiger partial charge in [-0.15, -0.1) is 0 Å². The smallest absolute Gasteiger partial charge is 0.271 e. The Morgan fingerprint density at radius 3 is 2.56 bits per heavy atom. The van der Waals surface area contributed by atoms with Crippen LogP contribution in [0.25, 0.3) is 0 Å². The van der Waals surface area contributed by atoms with Gasteiger partial charge in [-0.2, -0.15) is 5.10 Å². The zero-order valence-corrected chi connectivity index (χ0v) is 20.5. The molecule has 0 spiro atoms. The molecule has 0 saturated heterocycles. The van der Waals surface area contributed by atoms with Gasteiger partial charge in [-0.05, 0) is 76.4 Å². The highest BCUT2D eigenvalue weighted by Crippen LogP contribution is 2.36. The maximum Gasteiger partial charge on any atom is 0.271 e. The number of nitrogens with one attached hydrogen (secondary N) is 2. The molecule has 0 aromatic heterocycles. The number of rotatable bonds is 9. The van der Waals surface area contributed by atoms with Gasteiger partial charge in [-0.25, -0.2) is 5.43 Å². The van der Waals surface area contributed by atoms with Gasteiger partial charge in [0.15, 0.2) is 18.1 Å². The molecule has 3 aromatic carbocycles. The van der Waals surface area contributed by atoms with Crippen LogP contribution in [-0.4, -0.2) is 38.9 Å². The summed E-state index contributed by atoms with van der Waals surface area (Å²) < 4.78 is 16.8. The van der Waals surface area contributed by atoms with Crippen LogP contribution in [0.4, 0.5) is 5.69 Å². The SMILES string of the molecule is COc1cccc(C(=O)N/N=C/c2cc(Br)c(OCC(=O)Nc3cccc(C)c3)c(OC)c2)c1. The van der Waals surface area contributed by atoms with E-state index in [2.05, 4.69) is 31.8 Å². The summed E-state index contributed by atoms with van der Waals surface area (Å²) in [6.07, 6.45) is 1.47. The van der Waals surface area contributed by atoms with Gasteiger partial charge in [0.2, 0.25) is 0 Å². The number of carbonyl (C=O) groups is 2. The maximum absolute atomic E-state index is 12.3. The average molecular weight is 526 g/mol. The molecule has 0 saturated carbocycles. The van der Waals surface area contributed by atoms with Crippen molar-refractivity contribution in [2.24, 2.45) is 5.10 Å². The first kappa shape index (κ1) is 24.8. The Bertz CT molecular complexity index is 1210. The summed E-state index contributed by atoms with van der Waals surface area (Å²) in [5.74, 6) is 0.678. The van der Waals surface area contributed by atoms with Crippen molar-refractivity contribution in [3.8, 4) is 17.2 Å². The highest BCUT2D eigenvalue weighted by atomic mass is 79.9. The molecule has 176 valence electrons. The molecule has 0 aliphatic rings. The molecule has 0 fully saturated rings. The van der Waals surface area contributed by atoms with Crippen molar-refractivity contribution >= 4 is 39.6 Å². The first-order valence-corrected chi connectivity index (χ1v) is 11.0. The third kappa shape index (κ3) is 6.82. The lowest BCUT2D eigenvalue weighted by atomic mass is 10.2. The molecule has 0 heterocycles. The lowest BCUT2D eigenvalue weighted by Crippen LogP contribution is -2.20. The summed E-state index contributed by atoms with van der Waals surface area (Å²) in [6, 6.07) is 17.7. The molecule has 2 amide bonds. The van der Waals surface area contributed by atoms with Crippen LogP contribution in [0.5, 0.6) is 17.2 Å². The fourth-order valence-corrected chi connectivity index (χ4v) is 3.58. The molecule has 0 unspecified atom stereocenters. The fourth-order valence-electron chi connectivity index (χ4n) is 3.01. The molecule has 0 atom stereocenters. The molecule has 2 N–H and O–H groups in total. The third-order valence-corrected chi connectivity index (χ3v) is 5.20. The molecule has 8 nitrogen and oxygen atoms in total. The van der Waals surface area contributed by atoms with E-state index in [1.807, 2.05) is 31.2 Å². The molecule has 9 heteroatoms. The monoisotopic (exact) mass is 525 g/mol. The number of amides is 2. The van der Waals surface area contributed by atoms with Gasteiger partial charge in [0.25, 0.3) is 11.8 Å². The number of aryl methyl sites for hydroxylation is 1. The minimum Gasteiger partial charge on any atom is -0.497 e. The summed E-state index contributed by atoms with van der Waals surface area (Å²) in [6.45, 7) is 1.75. The fraction of sp³-hybridized carbons (Fsp3) is 0.160. The average Bonchev–Trinajstić information content (AvgIpc) is 2.83. The van der Waals surface area contributed by atoms with E-state index in [4.69, 9.17) is 14.2 Å². The molecule has 0 bridgehead atoms. The number of methoxy groups -OCH3 is 2. The highest BCUT2D eigenvalue weighted by Gasteiger charge is 2.14. The Hall–Kier alpha value is -3.85. The van der Waals surface area contributed by atoms with Crippen LogP contribution in [0, 0.1) is 6.92 Å². The number of benzene rings is 3. The number of hydrogen-bond donors (Lipinski definition) is 2. The second-order valence-corrected chi connectivity index (χ2v) is 8.03. The Kier molecular flexibility index (Phi) is 8.64. The van der Waals surface area contributed by atoms with Crippen LogP contribution in [-0.2, 0) is 4.79 Å². The number of hydrogen-bond acceptors (Lipinski definition) is 6. The molecule has 0 radical (unpaired) electrons. The number of anilines is 1. The van der Waals surface area contributed by atoms with Crippen molar-refractivity contribution < 1.29 is 23.8 Å². The largest absolute Gasteiger partial charge is 0.497 e. The van der Waals surface area contributed by atoms with Crippen molar-refractivity contribution in [2.75, 3.05) is 26.1 Å². The number of nitrogens with zero attached hydrogens (tertiary/aromatic N) is 1. The molecule has 3 rings (SSSR count). The van der Waals surface area contributed by atoms with E-state index in [1.54, 1.807) is 36.4 Å². The van der Waals surface area contributed by atoms with Crippen LogP contribution in [0.2, 0.25) is 0 Å². The summed E-state index contributed by atoms with van der Waals surface area (Å²) in [7, 11) is 3.03. The predicted octanol–water partition coefficient (Wildman–Crippen LogP) is 4.56. The van der Waals surface area contributed by atoms with Gasteiger partial charge in [0.05, 0.1) is 24.9 Å². The van der Waals surface area contributed by atoms with Gasteiger partial charge >= 0.3 is 0 Å². The standard InChI is InChI=1S/C25H24BrN3O5/c1-16-6-4-8-19(10-16)28-23(30)15-34-24-21(26)11-17(12-22(24)33-3)14-27-29-25(31)18-7-5-9-20(13-18)32-2/h4-14H,15H2,1-3H3,(H,28,30)(H,29,31)/b27-14+. The normalized spacial score (nSPS) is 10.6. The van der Waals surface area contributed by atoms with Crippen molar-refractivity contribution in [3.05, 3.63) is 81.8 Å². The lowest BCUT2D eigenvalue weighted by molar-refractivity contribution is -0.118. The van der Waals surface area contributed by atoms with Crippen LogP contribution in [0.1, 0.15) is 21.5 Å². The van der Waals surface area contributed by atoms with Crippen molar-refractivity contribution in [1.29, 1.82) is 0 Å². The third-order valence-electron chi connectivity index (χ3n) is 4.61. The van der Waals surface area contributed by atoms with E-state index in [0.717, 1.165) is 5.56 Å². The van der Waals surface area contributed by atoms with Gasteiger partial charge in [0.1, 0.15) is 5.75 Å². The molecule has 3 aromatic rings. The van der Waals surface area contributed by atoms with Gasteiger partial charge < -0.3 is 19.5 Å². The van der Waals surface area contributed by atoms with Crippen molar-refractivity contribution in [2.45, 2.75) is 6.92 Å². The molecular weight excluding hydrogens is 502 g/mol. The second-order valence-electron chi connectivity index (χ2n) is 7.17. The molecule has 0 aliphatic carbocycles. The van der Waals surface area contributed by atoms with Gasteiger partial charge in [0, 0.05) is 11.3 Å². The first-order valence-electron chi connectivity index (χ1n) is 10.2. The predicted molar refractivity (Wildman–Crippen MR) is 134 cm³/mol. The number of ether oxygens (including phenoxy) is 3. The van der Waals surface area contributed by atoms with E-state index in [1.165, 1.54) is 20.4 Å². The Morgan fingerprint density at radius 2 is 1.82 bits per heavy atom. The van der Waals surface area contributed by atoms with E-state index < -0.39 is 0 Å². The molecule has 34 heavy (non-hydrogen) atoms. The van der Waals surface area contributed by atoms with Crippen LogP contribution < -0.4 is 25.0 Å². The topological polar surface area (TPSA) is 98.3 Å². The maximum atomic E-state index is 12.3. The minimum absolute atomic E-state index is 0.201. The quantitative estimate of drug-likeness (QED) is 0.315. The van der Waals surface area contributed by atoms with E-state index in [-0.39, 0.29) is 18.4 Å². The summed E-state index contributed by atoms with van der Waals surface area (Å²) >= 11 is 3.44. The van der Waals surface area contributed by atoms with Crippen LogP contribution >= 0.6 is 15.9 Å². The Balaban J connectivity index is 1.63. The zero-order valence-electron chi connectivity index (χ0n) is 18.9. The van der Waals surface area contributed by atoms with Crippen molar-refractivity contribution in [1.82, 2.24) is 5.43 Å². The number of hydrazone groups is 1. The summed E-state index contributed by atoms with van der Waals surface area (Å²) in [4.78, 5) is 24.5. The first-order chi connectivity index (χ1) is 16.4. The minimum atomic E-state index is -0.374. The van der Waals surface area contributed by atoms with Crippen LogP contribution in [0.3, 0.4) is 0 Å². The summed E-state index contributed by atoms with van der Waals surface area (Å²) in [5, 5.41) is 6.79. The van der Waals surface area contributed by atoms with E-state index >= 15 is 0 Å². The highest BCUT2D eigenvalue weighted by molar-refractivity contribution is 9.10. The molecule has 0 aliphatic heterocycles. The van der Waals surface area contributed by atoms with Gasteiger partial charge in [-0.3, -0.25) is 9.59 Å². The van der Waals surface area contributed by atoms with Crippen molar-refractivity contribution in [3.63, 3.8) is 0 Å². The van der Waals surface area contributed by atoms with Crippen LogP contribution in [0.15, 0.2) is 70.2 Å². The number of carbonyl (C=O) groups excluding carboxylic acids is 2. The number of halogens is 1. The van der Waals surface area contributed by atoms with Gasteiger partial charge in [-0.1, -0.05) is 18.2 Å². The lowest BCUT2D eigenvalue weighted by Gasteiger charge is -2.13. The molecular formula is C25H24BrN3O5. The Labute approximate surface area is 206 Å². The second kappa shape index (κ2) is 11.9. The van der Waals surface area contributed by atoms with E-state index in [9.17, 15) is 9.59 Å². The van der Waals surface area contributed by atoms with E-state index in [0.29, 0.717) is 38.5 Å². The summed E-state index contributed by atoms with van der Waals surface area (Å²) in [5.41, 5.74) is 5.27. The Morgan fingerprint density at radius 1 is 1.03 bits per heavy atom.